The largest absolute Gasteiger partial charge is 0.480 e. The maximum absolute atomic E-state index is 12.5. The SMILES string of the molecule is CCCCCCCCC/C=C\C(CCCCCCC(=O)NC(CCCN)C(=O)O)OC(=O)CCCCCCCCC. The number of aliphatic carboxylic acids is 1. The summed E-state index contributed by atoms with van der Waals surface area (Å²) in [4.78, 5) is 36.0. The first-order valence-corrected chi connectivity index (χ1v) is 17.0. The molecule has 240 valence electrons. The third-order valence-corrected chi connectivity index (χ3v) is 7.57. The van der Waals surface area contributed by atoms with Gasteiger partial charge in [-0.1, -0.05) is 110 Å². The summed E-state index contributed by atoms with van der Waals surface area (Å²) in [7, 11) is 0. The number of carbonyl (C=O) groups excluding carboxylic acids is 2. The molecule has 2 unspecified atom stereocenters. The topological polar surface area (TPSA) is 119 Å². The first-order chi connectivity index (χ1) is 19.9. The van der Waals surface area contributed by atoms with Crippen molar-refractivity contribution in [3.8, 4) is 0 Å². The predicted octanol–water partition coefficient (Wildman–Crippen LogP) is 8.38. The molecule has 0 radical (unpaired) electrons. The molecule has 7 heteroatoms. The van der Waals surface area contributed by atoms with Crippen LogP contribution in [0.3, 0.4) is 0 Å². The summed E-state index contributed by atoms with van der Waals surface area (Å²) < 4.78 is 5.86. The van der Waals surface area contributed by atoms with Gasteiger partial charge in [-0.25, -0.2) is 4.79 Å². The normalized spacial score (nSPS) is 12.9. The number of carboxylic acid groups (broad SMARTS) is 1. The lowest BCUT2D eigenvalue weighted by Gasteiger charge is -2.15. The second-order valence-corrected chi connectivity index (χ2v) is 11.6. The van der Waals surface area contributed by atoms with Crippen LogP contribution < -0.4 is 11.1 Å². The third-order valence-electron chi connectivity index (χ3n) is 7.57. The van der Waals surface area contributed by atoms with Crippen LogP contribution in [0.5, 0.6) is 0 Å². The molecule has 0 aliphatic carbocycles. The smallest absolute Gasteiger partial charge is 0.326 e. The monoisotopic (exact) mass is 580 g/mol. The number of carbonyl (C=O) groups is 3. The van der Waals surface area contributed by atoms with E-state index >= 15 is 0 Å². The zero-order chi connectivity index (χ0) is 30.4. The van der Waals surface area contributed by atoms with Gasteiger partial charge in [-0.15, -0.1) is 0 Å². The molecule has 0 rings (SSSR count). The molecule has 1 amide bonds. The number of ether oxygens (including phenoxy) is 1. The molecule has 0 saturated heterocycles. The Morgan fingerprint density at radius 1 is 0.707 bits per heavy atom. The van der Waals surface area contributed by atoms with Crippen LogP contribution in [0.2, 0.25) is 0 Å². The predicted molar refractivity (Wildman–Crippen MR) is 170 cm³/mol. The van der Waals surface area contributed by atoms with Gasteiger partial charge in [0, 0.05) is 12.8 Å². The maximum atomic E-state index is 12.5. The highest BCUT2D eigenvalue weighted by molar-refractivity contribution is 5.83. The molecule has 7 nitrogen and oxygen atoms in total. The van der Waals surface area contributed by atoms with Crippen LogP contribution >= 0.6 is 0 Å². The van der Waals surface area contributed by atoms with Crippen molar-refractivity contribution in [2.24, 2.45) is 5.73 Å². The summed E-state index contributed by atoms with van der Waals surface area (Å²) in [6.07, 6.45) is 28.4. The van der Waals surface area contributed by atoms with E-state index in [1.807, 2.05) is 0 Å². The molecule has 0 aliphatic heterocycles. The number of allylic oxidation sites excluding steroid dienone is 1. The average molecular weight is 581 g/mol. The van der Waals surface area contributed by atoms with Gasteiger partial charge >= 0.3 is 11.9 Å². The zero-order valence-electron chi connectivity index (χ0n) is 26.6. The maximum Gasteiger partial charge on any atom is 0.326 e. The van der Waals surface area contributed by atoms with E-state index in [0.717, 1.165) is 44.9 Å². The fraction of sp³-hybridized carbons (Fsp3) is 0.853. The van der Waals surface area contributed by atoms with E-state index < -0.39 is 12.0 Å². The average Bonchev–Trinajstić information content (AvgIpc) is 2.95. The molecule has 0 bridgehead atoms. The summed E-state index contributed by atoms with van der Waals surface area (Å²) in [6, 6.07) is -0.865. The van der Waals surface area contributed by atoms with Crippen molar-refractivity contribution in [1.82, 2.24) is 5.32 Å². The molecule has 2 atom stereocenters. The van der Waals surface area contributed by atoms with Gasteiger partial charge in [0.2, 0.25) is 5.91 Å². The molecule has 0 aromatic heterocycles. The van der Waals surface area contributed by atoms with Crippen molar-refractivity contribution in [2.75, 3.05) is 6.54 Å². The summed E-state index contributed by atoms with van der Waals surface area (Å²) in [5.74, 6) is -1.33. The first kappa shape index (κ1) is 39.1. The van der Waals surface area contributed by atoms with Crippen LogP contribution in [0.1, 0.15) is 168 Å². The lowest BCUT2D eigenvalue weighted by atomic mass is 10.1. The van der Waals surface area contributed by atoms with Gasteiger partial charge in [-0.2, -0.15) is 0 Å². The van der Waals surface area contributed by atoms with Crippen LogP contribution in [0.4, 0.5) is 0 Å². The molecule has 4 N–H and O–H groups in total. The van der Waals surface area contributed by atoms with Crippen LogP contribution in [-0.4, -0.2) is 41.6 Å². The Labute approximate surface area is 251 Å². The molecule has 0 aliphatic rings. The lowest BCUT2D eigenvalue weighted by molar-refractivity contribution is -0.147. The number of unbranched alkanes of at least 4 members (excludes halogenated alkanes) is 16. The van der Waals surface area contributed by atoms with Crippen LogP contribution in [0, 0.1) is 0 Å². The Hall–Kier alpha value is -1.89. The Kier molecular flexibility index (Phi) is 28.2. The molecule has 0 heterocycles. The van der Waals surface area contributed by atoms with Gasteiger partial charge in [-0.05, 0) is 64.0 Å². The fourth-order valence-corrected chi connectivity index (χ4v) is 4.95. The van der Waals surface area contributed by atoms with Crippen molar-refractivity contribution in [3.05, 3.63) is 12.2 Å². The number of rotatable bonds is 30. The van der Waals surface area contributed by atoms with Gasteiger partial charge in [0.1, 0.15) is 12.1 Å². The number of nitrogens with one attached hydrogen (secondary N) is 1. The highest BCUT2D eigenvalue weighted by Crippen LogP contribution is 2.15. The molecule has 0 saturated carbocycles. The highest BCUT2D eigenvalue weighted by atomic mass is 16.5. The number of esters is 1. The van der Waals surface area contributed by atoms with Crippen molar-refractivity contribution in [2.45, 2.75) is 180 Å². The second kappa shape index (κ2) is 29.6. The molecular formula is C34H64N2O5. The quantitative estimate of drug-likeness (QED) is 0.0446. The van der Waals surface area contributed by atoms with Crippen LogP contribution in [0.15, 0.2) is 12.2 Å². The summed E-state index contributed by atoms with van der Waals surface area (Å²) in [5, 5.41) is 11.9. The van der Waals surface area contributed by atoms with Gasteiger partial charge in [0.05, 0.1) is 0 Å². The Balaban J connectivity index is 4.39. The fourth-order valence-electron chi connectivity index (χ4n) is 4.95. The van der Waals surface area contributed by atoms with Gasteiger partial charge in [0.25, 0.3) is 0 Å². The summed E-state index contributed by atoms with van der Waals surface area (Å²) >= 11 is 0. The number of hydrogen-bond donors (Lipinski definition) is 3. The number of nitrogens with two attached hydrogens (primary N) is 1. The van der Waals surface area contributed by atoms with Crippen molar-refractivity contribution < 1.29 is 24.2 Å². The van der Waals surface area contributed by atoms with Gasteiger partial charge < -0.3 is 20.9 Å². The van der Waals surface area contributed by atoms with E-state index in [1.54, 1.807) is 0 Å². The molecule has 0 spiro atoms. The number of amides is 1. The van der Waals surface area contributed by atoms with Crippen molar-refractivity contribution >= 4 is 17.8 Å². The Bertz CT molecular complexity index is 668. The Morgan fingerprint density at radius 2 is 1.24 bits per heavy atom. The summed E-state index contributed by atoms with van der Waals surface area (Å²) in [6.45, 7) is 4.87. The minimum atomic E-state index is -1.01. The van der Waals surface area contributed by atoms with E-state index in [9.17, 15) is 19.5 Å². The molecule has 0 fully saturated rings. The van der Waals surface area contributed by atoms with Crippen molar-refractivity contribution in [1.29, 1.82) is 0 Å². The Morgan fingerprint density at radius 3 is 1.83 bits per heavy atom. The number of carboxylic acids is 1. The van der Waals surface area contributed by atoms with E-state index in [0.29, 0.717) is 38.6 Å². The molecule has 0 aromatic rings. The lowest BCUT2D eigenvalue weighted by Crippen LogP contribution is -2.40. The van der Waals surface area contributed by atoms with Crippen LogP contribution in [-0.2, 0) is 19.1 Å². The molecular weight excluding hydrogens is 516 g/mol. The van der Waals surface area contributed by atoms with Crippen LogP contribution in [0.25, 0.3) is 0 Å². The second-order valence-electron chi connectivity index (χ2n) is 11.6. The molecule has 41 heavy (non-hydrogen) atoms. The number of hydrogen-bond acceptors (Lipinski definition) is 5. The van der Waals surface area contributed by atoms with Gasteiger partial charge in [0.15, 0.2) is 0 Å². The molecule has 0 aromatic carbocycles. The van der Waals surface area contributed by atoms with E-state index in [2.05, 4.69) is 31.3 Å². The zero-order valence-corrected chi connectivity index (χ0v) is 26.6. The van der Waals surface area contributed by atoms with E-state index in [-0.39, 0.29) is 18.0 Å². The third kappa shape index (κ3) is 26.7. The van der Waals surface area contributed by atoms with Gasteiger partial charge in [-0.3, -0.25) is 9.59 Å². The first-order valence-electron chi connectivity index (χ1n) is 17.0. The van der Waals surface area contributed by atoms with E-state index in [1.165, 1.54) is 77.0 Å². The minimum absolute atomic E-state index is 0.0941. The van der Waals surface area contributed by atoms with E-state index in [4.69, 9.17) is 10.5 Å². The standard InChI is InChI=1S/C34H64N2O5/c1-3-5-7-9-11-12-14-15-19-24-30(41-33(38)28-22-16-13-10-8-6-4-2)25-20-17-18-21-27-32(37)36-31(34(39)40)26-23-29-35/h19,24,30-31H,3-18,20-23,25-29,35H2,1-2H3,(H,36,37)(H,39,40)/b24-19-. The minimum Gasteiger partial charge on any atom is -0.480 e. The highest BCUT2D eigenvalue weighted by Gasteiger charge is 2.18. The van der Waals surface area contributed by atoms with Crippen molar-refractivity contribution in [3.63, 3.8) is 0 Å². The summed E-state index contributed by atoms with van der Waals surface area (Å²) in [5.41, 5.74) is 5.46.